The van der Waals surface area contributed by atoms with Crippen molar-refractivity contribution < 1.29 is 20.1 Å². The van der Waals surface area contributed by atoms with Gasteiger partial charge in [0.05, 0.1) is 0 Å². The van der Waals surface area contributed by atoms with Gasteiger partial charge in [-0.2, -0.15) is 72.8 Å². The van der Waals surface area contributed by atoms with Gasteiger partial charge in [-0.25, -0.2) is 29.9 Å². The van der Waals surface area contributed by atoms with Crippen LogP contribution in [0, 0.1) is 18.2 Å². The summed E-state index contributed by atoms with van der Waals surface area (Å²) in [5.74, 6) is 5.22. The van der Waals surface area contributed by atoms with E-state index in [1.54, 1.807) is 37.2 Å². The standard InChI is InChI=1S/3C17H13N4.Ir/c3*1-3-7-14(8-4-1)20-13-21(15-9-5-2-6-10-15)17-16(20)18-11-12-19-17;/h3*1-9,11-12H,13H2;/q3*-1;+3. The number of fused-ring (bicyclic) bond motifs is 3. The second-order valence-electron chi connectivity index (χ2n) is 14.4. The Bertz CT molecular complexity index is 2360. The summed E-state index contributed by atoms with van der Waals surface area (Å²) in [5, 5.41) is 0. The van der Waals surface area contributed by atoms with Gasteiger partial charge in [-0.3, -0.25) is 0 Å². The summed E-state index contributed by atoms with van der Waals surface area (Å²) >= 11 is 0. The Morgan fingerprint density at radius 2 is 0.516 bits per heavy atom. The van der Waals surface area contributed by atoms with Gasteiger partial charge >= 0.3 is 20.1 Å². The number of anilines is 12. The molecule has 0 N–H and O–H groups in total. The summed E-state index contributed by atoms with van der Waals surface area (Å²) in [6.07, 6.45) is 10.4. The summed E-state index contributed by atoms with van der Waals surface area (Å²) < 4.78 is 0. The van der Waals surface area contributed by atoms with Gasteiger partial charge in [0.25, 0.3) is 0 Å². The minimum atomic E-state index is 0. The smallest absolute Gasteiger partial charge is 0.328 e. The molecule has 0 saturated heterocycles. The number of nitrogens with zero attached hydrogens (tertiary/aromatic N) is 12. The van der Waals surface area contributed by atoms with E-state index in [-0.39, 0.29) is 20.1 Å². The molecule has 12 nitrogen and oxygen atoms in total. The Labute approximate surface area is 385 Å². The van der Waals surface area contributed by atoms with Gasteiger partial charge in [0.2, 0.25) is 0 Å². The first kappa shape index (κ1) is 41.4. The van der Waals surface area contributed by atoms with Gasteiger partial charge in [0, 0.05) is 54.2 Å². The van der Waals surface area contributed by atoms with Gasteiger partial charge < -0.3 is 29.4 Å². The Hall–Kier alpha value is -7.99. The Kier molecular flexibility index (Phi) is 12.5. The molecule has 13 heteroatoms. The van der Waals surface area contributed by atoms with E-state index in [2.05, 4.69) is 114 Å². The summed E-state index contributed by atoms with van der Waals surface area (Å²) in [5.41, 5.74) is 6.32. The number of hydrogen-bond acceptors (Lipinski definition) is 12. The number of para-hydroxylation sites is 6. The van der Waals surface area contributed by atoms with Crippen molar-refractivity contribution in [2.75, 3.05) is 49.4 Å². The van der Waals surface area contributed by atoms with Gasteiger partial charge in [0.15, 0.2) is 34.9 Å². The topological polar surface area (TPSA) is 96.8 Å². The van der Waals surface area contributed by atoms with E-state index in [1.807, 2.05) is 127 Å². The summed E-state index contributed by atoms with van der Waals surface area (Å²) in [6, 6.07) is 64.2. The van der Waals surface area contributed by atoms with E-state index in [9.17, 15) is 0 Å². The molecule has 3 aromatic heterocycles. The third-order valence-corrected chi connectivity index (χ3v) is 10.5. The zero-order chi connectivity index (χ0) is 42.2. The zero-order valence-corrected chi connectivity index (χ0v) is 36.8. The van der Waals surface area contributed by atoms with Crippen molar-refractivity contribution in [2.45, 2.75) is 0 Å². The van der Waals surface area contributed by atoms with Crippen LogP contribution >= 0.6 is 0 Å². The van der Waals surface area contributed by atoms with Crippen LogP contribution in [0.15, 0.2) is 201 Å². The molecule has 64 heavy (non-hydrogen) atoms. The predicted octanol–water partition coefficient (Wildman–Crippen LogP) is 10.6. The second kappa shape index (κ2) is 19.4. The molecule has 0 radical (unpaired) electrons. The predicted molar refractivity (Wildman–Crippen MR) is 249 cm³/mol. The molecule has 9 aromatic rings. The van der Waals surface area contributed by atoms with Crippen molar-refractivity contribution in [3.63, 3.8) is 0 Å². The van der Waals surface area contributed by atoms with Gasteiger partial charge in [-0.15, -0.1) is 18.2 Å². The average Bonchev–Trinajstić information content (AvgIpc) is 4.09. The Morgan fingerprint density at radius 3 is 0.750 bits per heavy atom. The zero-order valence-electron chi connectivity index (χ0n) is 34.4. The van der Waals surface area contributed by atoms with Crippen molar-refractivity contribution in [1.82, 2.24) is 29.9 Å². The maximum absolute atomic E-state index is 4.50. The molecule has 0 saturated carbocycles. The quantitative estimate of drug-likeness (QED) is 0.148. The maximum Gasteiger partial charge on any atom is 3.00 e. The molecule has 0 atom stereocenters. The van der Waals surface area contributed by atoms with E-state index in [0.717, 1.165) is 69.0 Å². The molecule has 0 unspecified atom stereocenters. The third-order valence-electron chi connectivity index (χ3n) is 10.5. The molecule has 0 spiro atoms. The Balaban J connectivity index is 0.000000121. The van der Waals surface area contributed by atoms with Gasteiger partial charge in [-0.1, -0.05) is 71.7 Å². The molecule has 3 aliphatic heterocycles. The minimum Gasteiger partial charge on any atom is -0.328 e. The molecular weight excluding hydrogens is 973 g/mol. The molecule has 0 bridgehead atoms. The number of benzene rings is 6. The molecule has 12 rings (SSSR count). The van der Waals surface area contributed by atoms with E-state index in [4.69, 9.17) is 0 Å². The van der Waals surface area contributed by atoms with Crippen LogP contribution in [0.5, 0.6) is 0 Å². The first-order chi connectivity index (χ1) is 31.3. The van der Waals surface area contributed by atoms with Crippen LogP contribution in [-0.2, 0) is 20.1 Å². The van der Waals surface area contributed by atoms with Gasteiger partial charge in [-0.05, 0) is 36.4 Å². The third kappa shape index (κ3) is 8.58. The van der Waals surface area contributed by atoms with Crippen LogP contribution in [0.1, 0.15) is 0 Å². The van der Waals surface area contributed by atoms with Crippen LogP contribution in [0.4, 0.5) is 69.0 Å². The summed E-state index contributed by atoms with van der Waals surface area (Å²) in [6.45, 7) is 2.05. The van der Waals surface area contributed by atoms with Crippen molar-refractivity contribution in [3.05, 3.63) is 219 Å². The maximum atomic E-state index is 4.50. The second-order valence-corrected chi connectivity index (χ2v) is 14.4. The molecule has 0 aliphatic carbocycles. The van der Waals surface area contributed by atoms with Crippen LogP contribution in [-0.4, -0.2) is 49.9 Å². The molecule has 312 valence electrons. The normalized spacial score (nSPS) is 13.1. The molecule has 6 heterocycles. The largest absolute Gasteiger partial charge is 3.00 e. The van der Waals surface area contributed by atoms with E-state index in [1.165, 1.54) is 0 Å². The van der Waals surface area contributed by atoms with Crippen LogP contribution in [0.25, 0.3) is 0 Å². The molecule has 0 fully saturated rings. The van der Waals surface area contributed by atoms with Crippen LogP contribution < -0.4 is 29.4 Å². The van der Waals surface area contributed by atoms with Crippen molar-refractivity contribution in [1.29, 1.82) is 0 Å². The van der Waals surface area contributed by atoms with Crippen LogP contribution in [0.2, 0.25) is 0 Å². The minimum absolute atomic E-state index is 0. The number of aromatic nitrogens is 6. The first-order valence-corrected chi connectivity index (χ1v) is 20.4. The van der Waals surface area contributed by atoms with E-state index in [0.29, 0.717) is 20.0 Å². The van der Waals surface area contributed by atoms with Gasteiger partial charge in [0.1, 0.15) is 20.0 Å². The number of hydrogen-bond donors (Lipinski definition) is 0. The molecule has 0 amide bonds. The fourth-order valence-corrected chi connectivity index (χ4v) is 7.60. The SMILES string of the molecule is [Ir+3].[c-]1ccccc1N1CN(c2ccccc2)c2nccnc21.[c-]1ccccc1N1CN(c2ccccc2)c2nccnc21.[c-]1ccccc1N1CN(c2ccccc2)c2nccnc21. The molecule has 6 aromatic carbocycles. The van der Waals surface area contributed by atoms with Crippen LogP contribution in [0.3, 0.4) is 0 Å². The average molecular weight is 1010 g/mol. The monoisotopic (exact) mass is 1010 g/mol. The molecule has 3 aliphatic rings. The fraction of sp³-hybridized carbons (Fsp3) is 0.0588. The fourth-order valence-electron chi connectivity index (χ4n) is 7.60. The molecular formula is C51H39IrN12. The Morgan fingerprint density at radius 1 is 0.281 bits per heavy atom. The number of rotatable bonds is 6. The summed E-state index contributed by atoms with van der Waals surface area (Å²) in [4.78, 5) is 39.8. The van der Waals surface area contributed by atoms with E-state index >= 15 is 0 Å². The van der Waals surface area contributed by atoms with Crippen molar-refractivity contribution >= 4 is 69.0 Å². The van der Waals surface area contributed by atoms with Crippen molar-refractivity contribution in [2.24, 2.45) is 0 Å². The van der Waals surface area contributed by atoms with Crippen molar-refractivity contribution in [3.8, 4) is 0 Å². The summed E-state index contributed by atoms with van der Waals surface area (Å²) in [7, 11) is 0. The first-order valence-electron chi connectivity index (χ1n) is 20.4. The van der Waals surface area contributed by atoms with E-state index < -0.39 is 0 Å².